The van der Waals surface area contributed by atoms with Crippen LogP contribution in [0, 0.1) is 13.8 Å². The molecule has 10 nitrogen and oxygen atoms in total. The fourth-order valence-corrected chi connectivity index (χ4v) is 3.61. The van der Waals surface area contributed by atoms with Crippen LogP contribution in [-0.4, -0.2) is 42.1 Å². The van der Waals surface area contributed by atoms with Crippen molar-refractivity contribution in [3.05, 3.63) is 59.5 Å². The number of aromatic nitrogens is 3. The van der Waals surface area contributed by atoms with E-state index in [9.17, 15) is 13.2 Å². The Bertz CT molecular complexity index is 1210. The minimum absolute atomic E-state index is 0.0599. The zero-order chi connectivity index (χ0) is 23.3. The average molecular weight is 459 g/mol. The molecule has 11 heteroatoms. The fraction of sp³-hybridized carbons (Fsp3) is 0.286. The molecule has 0 aliphatic heterocycles. The molecule has 170 valence electrons. The molecule has 0 unspecified atom stereocenters. The van der Waals surface area contributed by atoms with Gasteiger partial charge in [0, 0.05) is 30.2 Å². The number of urea groups is 1. The second kappa shape index (κ2) is 9.69. The van der Waals surface area contributed by atoms with E-state index < -0.39 is 16.1 Å². The maximum atomic E-state index is 12.3. The third-order valence-corrected chi connectivity index (χ3v) is 5.88. The summed E-state index contributed by atoms with van der Waals surface area (Å²) < 4.78 is 33.0. The molecule has 0 bridgehead atoms. The number of methoxy groups -OCH3 is 1. The third kappa shape index (κ3) is 5.76. The summed E-state index contributed by atoms with van der Waals surface area (Å²) in [5.74, 6) is 0.939. The van der Waals surface area contributed by atoms with E-state index in [1.165, 1.54) is 26.2 Å². The summed E-state index contributed by atoms with van der Waals surface area (Å²) in [6.07, 6.45) is 1.68. The van der Waals surface area contributed by atoms with Crippen molar-refractivity contribution < 1.29 is 17.9 Å². The van der Waals surface area contributed by atoms with Crippen LogP contribution in [0.1, 0.15) is 23.9 Å². The van der Waals surface area contributed by atoms with Gasteiger partial charge in [-0.25, -0.2) is 22.9 Å². The van der Waals surface area contributed by atoms with Crippen LogP contribution >= 0.6 is 0 Å². The van der Waals surface area contributed by atoms with Gasteiger partial charge in [-0.3, -0.25) is 4.72 Å². The number of nitrogens with one attached hydrogen (secondary N) is 3. The van der Waals surface area contributed by atoms with Gasteiger partial charge in [-0.2, -0.15) is 5.10 Å². The number of carbonyl (C=O) groups excluding carboxylic acids is 1. The second-order valence-electron chi connectivity index (χ2n) is 7.09. The Morgan fingerprint density at radius 3 is 2.53 bits per heavy atom. The number of hydrogen-bond acceptors (Lipinski definition) is 6. The Morgan fingerprint density at radius 1 is 1.16 bits per heavy atom. The van der Waals surface area contributed by atoms with Crippen molar-refractivity contribution in [2.24, 2.45) is 0 Å². The van der Waals surface area contributed by atoms with Gasteiger partial charge in [0.25, 0.3) is 0 Å². The number of ether oxygens (including phenoxy) is 1. The Kier molecular flexibility index (Phi) is 6.98. The van der Waals surface area contributed by atoms with Crippen LogP contribution in [0.2, 0.25) is 0 Å². The first-order valence-electron chi connectivity index (χ1n) is 9.92. The van der Waals surface area contributed by atoms with E-state index in [1.54, 1.807) is 16.9 Å². The maximum Gasteiger partial charge on any atom is 0.319 e. The SMILES string of the molecule is CCS(=O)(=O)Nc1ccc(NC(=O)NCc2ccc(-n3nc(C)cc3C)nc2)cc1OC. The smallest absolute Gasteiger partial charge is 0.319 e. The topological polar surface area (TPSA) is 127 Å². The molecular weight excluding hydrogens is 432 g/mol. The highest BCUT2D eigenvalue weighted by Gasteiger charge is 2.13. The number of carbonyl (C=O) groups is 1. The van der Waals surface area contributed by atoms with Gasteiger partial charge in [0.1, 0.15) is 5.75 Å². The lowest BCUT2D eigenvalue weighted by Crippen LogP contribution is -2.28. The third-order valence-electron chi connectivity index (χ3n) is 4.59. The molecule has 0 radical (unpaired) electrons. The van der Waals surface area contributed by atoms with Crippen LogP contribution in [-0.2, 0) is 16.6 Å². The summed E-state index contributed by atoms with van der Waals surface area (Å²) >= 11 is 0. The molecule has 0 spiro atoms. The minimum Gasteiger partial charge on any atom is -0.494 e. The van der Waals surface area contributed by atoms with E-state index in [0.29, 0.717) is 22.9 Å². The summed E-state index contributed by atoms with van der Waals surface area (Å²) in [7, 11) is -2.02. The van der Waals surface area contributed by atoms with Crippen LogP contribution in [0.4, 0.5) is 16.2 Å². The minimum atomic E-state index is -3.44. The lowest BCUT2D eigenvalue weighted by atomic mass is 10.2. The number of hydrogen-bond donors (Lipinski definition) is 3. The first-order valence-corrected chi connectivity index (χ1v) is 11.6. The highest BCUT2D eigenvalue weighted by molar-refractivity contribution is 7.92. The number of rotatable bonds is 8. The number of amides is 2. The Labute approximate surface area is 187 Å². The molecule has 3 aromatic rings. The van der Waals surface area contributed by atoms with Crippen LogP contribution < -0.4 is 20.1 Å². The Morgan fingerprint density at radius 2 is 1.94 bits per heavy atom. The summed E-state index contributed by atoms with van der Waals surface area (Å²) in [5.41, 5.74) is 3.49. The largest absolute Gasteiger partial charge is 0.494 e. The number of aryl methyl sites for hydroxylation is 2. The standard InChI is InChI=1S/C21H26N6O4S/c1-5-32(29,30)26-18-8-7-17(11-19(18)31-4)24-21(28)23-13-16-6-9-20(22-12-16)27-15(3)10-14(2)25-27/h6-12,26H,5,13H2,1-4H3,(H2,23,24,28). The van der Waals surface area contributed by atoms with Crippen molar-refractivity contribution >= 4 is 27.4 Å². The molecule has 0 aliphatic rings. The molecule has 0 atom stereocenters. The zero-order valence-corrected chi connectivity index (χ0v) is 19.2. The molecule has 3 rings (SSSR count). The summed E-state index contributed by atoms with van der Waals surface area (Å²) in [6, 6.07) is 9.92. The molecule has 32 heavy (non-hydrogen) atoms. The molecule has 2 heterocycles. The van der Waals surface area contributed by atoms with Crippen LogP contribution in [0.15, 0.2) is 42.6 Å². The summed E-state index contributed by atoms with van der Waals surface area (Å²) in [4.78, 5) is 16.7. The molecule has 2 amide bonds. The van der Waals surface area contributed by atoms with Gasteiger partial charge in [0.15, 0.2) is 5.82 Å². The maximum absolute atomic E-state index is 12.3. The molecule has 0 fully saturated rings. The Hall–Kier alpha value is -3.60. The molecule has 3 N–H and O–H groups in total. The van der Waals surface area contributed by atoms with Crippen LogP contribution in [0.5, 0.6) is 5.75 Å². The second-order valence-corrected chi connectivity index (χ2v) is 9.10. The van der Waals surface area contributed by atoms with E-state index in [0.717, 1.165) is 17.0 Å². The summed E-state index contributed by atoms with van der Waals surface area (Å²) in [5, 5.41) is 9.86. The molecule has 1 aromatic carbocycles. The summed E-state index contributed by atoms with van der Waals surface area (Å²) in [6.45, 7) is 5.70. The number of anilines is 2. The quantitative estimate of drug-likeness (QED) is 0.476. The molecule has 0 saturated carbocycles. The number of pyridine rings is 1. The van der Waals surface area contributed by atoms with Crippen molar-refractivity contribution in [2.45, 2.75) is 27.3 Å². The van der Waals surface area contributed by atoms with Crippen molar-refractivity contribution in [3.63, 3.8) is 0 Å². The van der Waals surface area contributed by atoms with E-state index in [-0.39, 0.29) is 12.3 Å². The van der Waals surface area contributed by atoms with Gasteiger partial charge in [0.05, 0.1) is 24.2 Å². The van der Waals surface area contributed by atoms with Crippen LogP contribution in [0.25, 0.3) is 5.82 Å². The number of benzene rings is 1. The first kappa shape index (κ1) is 23.1. The van der Waals surface area contributed by atoms with E-state index >= 15 is 0 Å². The van der Waals surface area contributed by atoms with Gasteiger partial charge in [-0.1, -0.05) is 6.07 Å². The molecular formula is C21H26N6O4S. The van der Waals surface area contributed by atoms with Gasteiger partial charge in [0.2, 0.25) is 10.0 Å². The van der Waals surface area contributed by atoms with Crippen molar-refractivity contribution in [1.82, 2.24) is 20.1 Å². The van der Waals surface area contributed by atoms with Crippen molar-refractivity contribution in [3.8, 4) is 11.6 Å². The van der Waals surface area contributed by atoms with Gasteiger partial charge >= 0.3 is 6.03 Å². The fourth-order valence-electron chi connectivity index (χ4n) is 2.96. The lowest BCUT2D eigenvalue weighted by Gasteiger charge is -2.13. The Balaban J connectivity index is 1.59. The van der Waals surface area contributed by atoms with Gasteiger partial charge in [-0.15, -0.1) is 0 Å². The van der Waals surface area contributed by atoms with E-state index in [2.05, 4.69) is 25.4 Å². The van der Waals surface area contributed by atoms with Crippen LogP contribution in [0.3, 0.4) is 0 Å². The van der Waals surface area contributed by atoms with E-state index in [4.69, 9.17) is 4.74 Å². The number of nitrogens with zero attached hydrogens (tertiary/aromatic N) is 3. The number of sulfonamides is 1. The zero-order valence-electron chi connectivity index (χ0n) is 18.3. The normalized spacial score (nSPS) is 11.1. The predicted molar refractivity (Wildman–Crippen MR) is 123 cm³/mol. The molecule has 2 aromatic heterocycles. The van der Waals surface area contributed by atoms with Gasteiger partial charge < -0.3 is 15.4 Å². The lowest BCUT2D eigenvalue weighted by molar-refractivity contribution is 0.251. The predicted octanol–water partition coefficient (Wildman–Crippen LogP) is 2.98. The highest BCUT2D eigenvalue weighted by Crippen LogP contribution is 2.28. The van der Waals surface area contributed by atoms with Crippen molar-refractivity contribution in [2.75, 3.05) is 22.9 Å². The first-order chi connectivity index (χ1) is 15.2. The van der Waals surface area contributed by atoms with Crippen molar-refractivity contribution in [1.29, 1.82) is 0 Å². The highest BCUT2D eigenvalue weighted by atomic mass is 32.2. The van der Waals surface area contributed by atoms with Gasteiger partial charge in [-0.05, 0) is 50.6 Å². The molecule has 0 aliphatic carbocycles. The average Bonchev–Trinajstić information content (AvgIpc) is 3.11. The molecule has 0 saturated heterocycles. The monoisotopic (exact) mass is 458 g/mol. The van der Waals surface area contributed by atoms with E-state index in [1.807, 2.05) is 32.0 Å².